The number of aromatic hydroxyl groups is 7. The van der Waals surface area contributed by atoms with Crippen molar-refractivity contribution >= 4 is 16.8 Å². The Labute approximate surface area is 322 Å². The summed E-state index contributed by atoms with van der Waals surface area (Å²) in [6.07, 6.45) is 4.91. The first-order valence-electron chi connectivity index (χ1n) is 18.4. The van der Waals surface area contributed by atoms with Gasteiger partial charge in [-0.1, -0.05) is 29.4 Å². The van der Waals surface area contributed by atoms with Crippen molar-refractivity contribution in [1.29, 1.82) is 0 Å². The molecule has 3 atom stereocenters. The van der Waals surface area contributed by atoms with E-state index in [0.29, 0.717) is 29.7 Å². The lowest BCUT2D eigenvalue weighted by molar-refractivity contribution is 0.0830. The average Bonchev–Trinajstić information content (AvgIpc) is 3.10. The second kappa shape index (κ2) is 14.1. The van der Waals surface area contributed by atoms with Gasteiger partial charge in [0.05, 0.1) is 11.1 Å². The first-order chi connectivity index (χ1) is 26.5. The van der Waals surface area contributed by atoms with Crippen LogP contribution >= 0.6 is 0 Å². The van der Waals surface area contributed by atoms with E-state index in [4.69, 9.17) is 9.15 Å². The standard InChI is InChI=1S/C45H44O11/c1-21(2)6-9-29-42(54)39-35(51)20-34(50)38(44(39)55-43(29)26-11-8-24(47)19-33(26)49)30-16-22(3)17-31(37(30)25-10-7-23(46)18-32(25)48)41(53)28-12-13-36-27(40(28)52)14-15-45(4,5)56-36/h6-8,10-13,16,18-20,30-31,37,46-52H,9,14-15,17H2,1-5H3. The fourth-order valence-electron chi connectivity index (χ4n) is 8.21. The smallest absolute Gasteiger partial charge is 0.200 e. The fraction of sp³-hybridized carbons (Fsp3) is 0.289. The summed E-state index contributed by atoms with van der Waals surface area (Å²) >= 11 is 0. The summed E-state index contributed by atoms with van der Waals surface area (Å²) in [6, 6.07) is 12.0. The average molecular weight is 761 g/mol. The van der Waals surface area contributed by atoms with Gasteiger partial charge in [0.25, 0.3) is 0 Å². The molecule has 56 heavy (non-hydrogen) atoms. The van der Waals surface area contributed by atoms with Gasteiger partial charge < -0.3 is 44.9 Å². The SMILES string of the molecule is CC(C)=CCc1c(-c2ccc(O)cc2O)oc2c(C3C=C(C)CC(C(=O)c4ccc5c(c4O)CCC(C)(C)O5)C3c3ccc(O)cc3O)c(O)cc(O)c2c1=O. The summed E-state index contributed by atoms with van der Waals surface area (Å²) in [6.45, 7) is 9.39. The van der Waals surface area contributed by atoms with Gasteiger partial charge in [-0.25, -0.2) is 0 Å². The zero-order valence-electron chi connectivity index (χ0n) is 31.7. The molecule has 7 N–H and O–H groups in total. The quantitative estimate of drug-likeness (QED) is 0.0618. The Kier molecular flexibility index (Phi) is 9.52. The molecule has 0 fully saturated rings. The maximum Gasteiger partial charge on any atom is 0.200 e. The Hall–Kier alpha value is -6.36. The van der Waals surface area contributed by atoms with Crippen molar-refractivity contribution in [3.63, 3.8) is 0 Å². The number of Topliss-reactive ketones (excluding diaryl/α,β-unsaturated/α-hetero) is 1. The lowest BCUT2D eigenvalue weighted by atomic mass is 9.65. The van der Waals surface area contributed by atoms with Crippen LogP contribution in [0.3, 0.4) is 0 Å². The minimum atomic E-state index is -1.01. The number of phenolic OH excluding ortho intramolecular Hbond substituents is 7. The summed E-state index contributed by atoms with van der Waals surface area (Å²) in [5.41, 5.74) is 1.26. The van der Waals surface area contributed by atoms with Crippen LogP contribution in [0.2, 0.25) is 0 Å². The van der Waals surface area contributed by atoms with E-state index < -0.39 is 46.1 Å². The maximum absolute atomic E-state index is 14.9. The largest absolute Gasteiger partial charge is 0.508 e. The van der Waals surface area contributed by atoms with Crippen molar-refractivity contribution in [3.8, 4) is 57.3 Å². The van der Waals surface area contributed by atoms with E-state index >= 15 is 0 Å². The lowest BCUT2D eigenvalue weighted by Gasteiger charge is -2.38. The Morgan fingerprint density at radius 1 is 0.875 bits per heavy atom. The second-order valence-electron chi connectivity index (χ2n) is 15.7. The normalized spacial score (nSPS) is 18.8. The Morgan fingerprint density at radius 3 is 2.25 bits per heavy atom. The topological polar surface area (TPSA) is 198 Å². The van der Waals surface area contributed by atoms with Gasteiger partial charge in [-0.2, -0.15) is 0 Å². The zero-order chi connectivity index (χ0) is 40.4. The van der Waals surface area contributed by atoms with E-state index in [9.17, 15) is 45.3 Å². The Morgan fingerprint density at radius 2 is 1.57 bits per heavy atom. The van der Waals surface area contributed by atoms with Crippen LogP contribution in [-0.2, 0) is 12.8 Å². The fourth-order valence-corrected chi connectivity index (χ4v) is 8.21. The minimum absolute atomic E-state index is 0.0165. The number of rotatable bonds is 7. The minimum Gasteiger partial charge on any atom is -0.508 e. The molecule has 3 unspecified atom stereocenters. The van der Waals surface area contributed by atoms with Crippen LogP contribution in [0.5, 0.6) is 46.0 Å². The van der Waals surface area contributed by atoms with Crippen LogP contribution in [-0.4, -0.2) is 47.1 Å². The molecule has 4 aromatic carbocycles. The summed E-state index contributed by atoms with van der Waals surface area (Å²) in [7, 11) is 0. The van der Waals surface area contributed by atoms with Gasteiger partial charge in [-0.15, -0.1) is 0 Å². The predicted molar refractivity (Wildman–Crippen MR) is 210 cm³/mol. The molecule has 1 aliphatic carbocycles. The van der Waals surface area contributed by atoms with Gasteiger partial charge in [0.15, 0.2) is 5.78 Å². The molecule has 0 spiro atoms. The molecule has 5 aromatic rings. The molecule has 2 aliphatic rings. The molecule has 1 aromatic heterocycles. The van der Waals surface area contributed by atoms with E-state index in [1.165, 1.54) is 30.3 Å². The lowest BCUT2D eigenvalue weighted by Crippen LogP contribution is -2.33. The van der Waals surface area contributed by atoms with Crippen LogP contribution in [0, 0.1) is 5.92 Å². The van der Waals surface area contributed by atoms with E-state index in [1.54, 1.807) is 25.1 Å². The van der Waals surface area contributed by atoms with Crippen LogP contribution in [0.25, 0.3) is 22.3 Å². The predicted octanol–water partition coefficient (Wildman–Crippen LogP) is 8.73. The van der Waals surface area contributed by atoms with Gasteiger partial charge in [-0.3, -0.25) is 9.59 Å². The molecule has 7 rings (SSSR count). The zero-order valence-corrected chi connectivity index (χ0v) is 31.7. The number of benzene rings is 4. The molecule has 0 radical (unpaired) electrons. The summed E-state index contributed by atoms with van der Waals surface area (Å²) in [5, 5.41) is 77.1. The van der Waals surface area contributed by atoms with Crippen molar-refractivity contribution in [1.82, 2.24) is 0 Å². The van der Waals surface area contributed by atoms with Crippen molar-refractivity contribution in [2.24, 2.45) is 5.92 Å². The van der Waals surface area contributed by atoms with Crippen molar-refractivity contribution in [3.05, 3.63) is 116 Å². The molecule has 2 heterocycles. The first-order valence-corrected chi connectivity index (χ1v) is 18.4. The number of ketones is 1. The number of phenols is 7. The van der Waals surface area contributed by atoms with Crippen LogP contribution < -0.4 is 10.2 Å². The first kappa shape index (κ1) is 37.9. The number of hydrogen-bond donors (Lipinski definition) is 7. The Bertz CT molecular complexity index is 2550. The molecule has 1 aliphatic heterocycles. The molecular formula is C45H44O11. The summed E-state index contributed by atoms with van der Waals surface area (Å²) in [4.78, 5) is 29.4. The van der Waals surface area contributed by atoms with Gasteiger partial charge in [0.2, 0.25) is 5.43 Å². The van der Waals surface area contributed by atoms with Crippen molar-refractivity contribution in [2.45, 2.75) is 77.7 Å². The van der Waals surface area contributed by atoms with Gasteiger partial charge in [-0.05, 0) is 96.2 Å². The molecule has 0 bridgehead atoms. The third-order valence-corrected chi connectivity index (χ3v) is 10.9. The highest BCUT2D eigenvalue weighted by atomic mass is 16.5. The molecule has 11 heteroatoms. The van der Waals surface area contributed by atoms with Crippen LogP contribution in [0.15, 0.2) is 87.1 Å². The number of carbonyl (C=O) groups excluding carboxylic acids is 1. The van der Waals surface area contributed by atoms with E-state index in [0.717, 1.165) is 23.8 Å². The van der Waals surface area contributed by atoms with Crippen molar-refractivity contribution < 1.29 is 49.7 Å². The van der Waals surface area contributed by atoms with Crippen LogP contribution in [0.4, 0.5) is 0 Å². The molecule has 11 nitrogen and oxygen atoms in total. The number of fused-ring (bicyclic) bond motifs is 2. The van der Waals surface area contributed by atoms with Crippen molar-refractivity contribution in [2.75, 3.05) is 0 Å². The number of carbonyl (C=O) groups is 1. The van der Waals surface area contributed by atoms with Gasteiger partial charge in [0, 0.05) is 52.6 Å². The molecule has 0 saturated carbocycles. The van der Waals surface area contributed by atoms with E-state index in [-0.39, 0.29) is 86.1 Å². The highest BCUT2D eigenvalue weighted by molar-refractivity contribution is 6.02. The second-order valence-corrected chi connectivity index (χ2v) is 15.7. The van der Waals surface area contributed by atoms with Gasteiger partial charge in [0.1, 0.15) is 68.3 Å². The number of hydrogen-bond acceptors (Lipinski definition) is 11. The summed E-state index contributed by atoms with van der Waals surface area (Å²) < 4.78 is 12.6. The molecule has 0 amide bonds. The number of allylic oxidation sites excluding steroid dienone is 4. The Balaban J connectivity index is 1.49. The summed E-state index contributed by atoms with van der Waals surface area (Å²) in [5.74, 6) is -5.42. The third-order valence-electron chi connectivity index (χ3n) is 10.9. The van der Waals surface area contributed by atoms with E-state index in [1.807, 2.05) is 27.7 Å². The molecule has 290 valence electrons. The monoisotopic (exact) mass is 760 g/mol. The van der Waals surface area contributed by atoms with E-state index in [2.05, 4.69) is 0 Å². The van der Waals surface area contributed by atoms with Crippen LogP contribution in [0.1, 0.15) is 91.9 Å². The number of ether oxygens (including phenoxy) is 1. The maximum atomic E-state index is 14.9. The molecule has 0 saturated heterocycles. The van der Waals surface area contributed by atoms with Gasteiger partial charge >= 0.3 is 0 Å². The highest BCUT2D eigenvalue weighted by Crippen LogP contribution is 2.55. The third kappa shape index (κ3) is 6.67. The highest BCUT2D eigenvalue weighted by Gasteiger charge is 2.44. The molecular weight excluding hydrogens is 716 g/mol.